The lowest BCUT2D eigenvalue weighted by molar-refractivity contribution is 0.0707. The van der Waals surface area contributed by atoms with Crippen LogP contribution in [-0.2, 0) is 6.54 Å². The summed E-state index contributed by atoms with van der Waals surface area (Å²) in [4.78, 5) is 36.6. The van der Waals surface area contributed by atoms with E-state index in [1.54, 1.807) is 30.7 Å². The van der Waals surface area contributed by atoms with E-state index >= 15 is 0 Å². The molecule has 9 heteroatoms. The number of halogens is 1. The number of carbonyl (C=O) groups is 2. The Morgan fingerprint density at radius 3 is 2.58 bits per heavy atom. The Labute approximate surface area is 211 Å². The predicted molar refractivity (Wildman–Crippen MR) is 136 cm³/mol. The quantitative estimate of drug-likeness (QED) is 0.408. The number of methoxy groups -OCH3 is 1. The van der Waals surface area contributed by atoms with E-state index in [-0.39, 0.29) is 23.5 Å². The number of para-hydroxylation sites is 1. The van der Waals surface area contributed by atoms with Crippen molar-refractivity contribution in [3.05, 3.63) is 87.8 Å². The maximum Gasteiger partial charge on any atom is 0.272 e. The van der Waals surface area contributed by atoms with Crippen LogP contribution in [0.25, 0.3) is 10.9 Å². The molecular formula is C27H25FN4O3S. The monoisotopic (exact) mass is 504 g/mol. The fourth-order valence-electron chi connectivity index (χ4n) is 4.37. The molecule has 0 radical (unpaired) electrons. The largest absolute Gasteiger partial charge is 0.496 e. The predicted octanol–water partition coefficient (Wildman–Crippen LogP) is 4.79. The van der Waals surface area contributed by atoms with Crippen LogP contribution in [0.3, 0.4) is 0 Å². The van der Waals surface area contributed by atoms with Crippen LogP contribution in [0.15, 0.2) is 60.0 Å². The summed E-state index contributed by atoms with van der Waals surface area (Å²) in [5.74, 6) is 0.141. The number of fused-ring (bicyclic) bond motifs is 1. The Balaban J connectivity index is 1.19. The van der Waals surface area contributed by atoms with Gasteiger partial charge in [0.15, 0.2) is 0 Å². The van der Waals surface area contributed by atoms with Gasteiger partial charge < -0.3 is 15.0 Å². The zero-order valence-electron chi connectivity index (χ0n) is 19.7. The Morgan fingerprint density at radius 1 is 1.08 bits per heavy atom. The Morgan fingerprint density at radius 2 is 1.83 bits per heavy atom. The molecule has 2 aromatic carbocycles. The molecule has 1 aliphatic heterocycles. The first kappa shape index (κ1) is 23.9. The van der Waals surface area contributed by atoms with Crippen molar-refractivity contribution in [2.75, 3.05) is 20.2 Å². The van der Waals surface area contributed by atoms with Crippen LogP contribution in [0.1, 0.15) is 50.3 Å². The van der Waals surface area contributed by atoms with Gasteiger partial charge in [-0.2, -0.15) is 0 Å². The number of thiazole rings is 1. The molecule has 0 spiro atoms. The highest BCUT2D eigenvalue weighted by Gasteiger charge is 2.28. The third kappa shape index (κ3) is 5.06. The normalized spacial score (nSPS) is 14.1. The first-order valence-corrected chi connectivity index (χ1v) is 12.6. The molecule has 2 aromatic heterocycles. The standard InChI is InChI=1S/C27H25FN4O3S/c1-35-24-14-22(30-21-5-3-2-4-20(21)24)27(34)32-12-10-18(11-13-32)26-31-23(16-36-26)25(33)29-15-17-6-8-19(28)9-7-17/h2-9,14,16,18H,10-13,15H2,1H3,(H,29,33). The van der Waals surface area contributed by atoms with Crippen molar-refractivity contribution in [3.63, 3.8) is 0 Å². The molecule has 4 aromatic rings. The van der Waals surface area contributed by atoms with Crippen LogP contribution in [0.4, 0.5) is 4.39 Å². The molecule has 5 rings (SSSR count). The van der Waals surface area contributed by atoms with E-state index in [9.17, 15) is 14.0 Å². The minimum absolute atomic E-state index is 0.113. The van der Waals surface area contributed by atoms with Gasteiger partial charge >= 0.3 is 0 Å². The summed E-state index contributed by atoms with van der Waals surface area (Å²) in [7, 11) is 1.59. The van der Waals surface area contributed by atoms with Crippen molar-refractivity contribution in [2.45, 2.75) is 25.3 Å². The van der Waals surface area contributed by atoms with Crippen molar-refractivity contribution in [2.24, 2.45) is 0 Å². The molecule has 36 heavy (non-hydrogen) atoms. The fraction of sp³-hybridized carbons (Fsp3) is 0.259. The number of hydrogen-bond donors (Lipinski definition) is 1. The van der Waals surface area contributed by atoms with Gasteiger partial charge in [-0.15, -0.1) is 11.3 Å². The van der Waals surface area contributed by atoms with Gasteiger partial charge in [-0.3, -0.25) is 9.59 Å². The van der Waals surface area contributed by atoms with E-state index in [4.69, 9.17) is 4.74 Å². The number of likely N-dealkylation sites (tertiary alicyclic amines) is 1. The smallest absolute Gasteiger partial charge is 0.272 e. The highest BCUT2D eigenvalue weighted by molar-refractivity contribution is 7.09. The minimum Gasteiger partial charge on any atom is -0.496 e. The van der Waals surface area contributed by atoms with Gasteiger partial charge in [-0.05, 0) is 42.7 Å². The number of nitrogens with zero attached hydrogens (tertiary/aromatic N) is 3. The molecule has 1 fully saturated rings. The summed E-state index contributed by atoms with van der Waals surface area (Å²) in [6.07, 6.45) is 1.53. The first-order chi connectivity index (χ1) is 17.5. The van der Waals surface area contributed by atoms with Gasteiger partial charge in [0, 0.05) is 42.4 Å². The maximum absolute atomic E-state index is 13.2. The summed E-state index contributed by atoms with van der Waals surface area (Å²) in [6, 6.07) is 15.3. The van der Waals surface area contributed by atoms with Crippen molar-refractivity contribution < 1.29 is 18.7 Å². The number of ether oxygens (including phenoxy) is 1. The number of rotatable bonds is 6. The molecule has 1 N–H and O–H groups in total. The first-order valence-electron chi connectivity index (χ1n) is 11.7. The molecule has 0 bridgehead atoms. The Kier molecular flexibility index (Phi) is 6.90. The minimum atomic E-state index is -0.310. The van der Waals surface area contributed by atoms with Crippen molar-refractivity contribution in [3.8, 4) is 5.75 Å². The van der Waals surface area contributed by atoms with Gasteiger partial charge in [0.05, 0.1) is 17.6 Å². The number of piperidine rings is 1. The third-order valence-electron chi connectivity index (χ3n) is 6.37. The van der Waals surface area contributed by atoms with Crippen molar-refractivity contribution in [1.82, 2.24) is 20.2 Å². The van der Waals surface area contributed by atoms with E-state index in [2.05, 4.69) is 15.3 Å². The lowest BCUT2D eigenvalue weighted by Crippen LogP contribution is -2.38. The van der Waals surface area contributed by atoms with Gasteiger partial charge in [-0.1, -0.05) is 24.3 Å². The summed E-state index contributed by atoms with van der Waals surface area (Å²) >= 11 is 1.47. The highest BCUT2D eigenvalue weighted by atomic mass is 32.1. The number of amides is 2. The number of aromatic nitrogens is 2. The maximum atomic E-state index is 13.2. The van der Waals surface area contributed by atoms with Crippen LogP contribution in [0, 0.1) is 5.82 Å². The van der Waals surface area contributed by atoms with Crippen molar-refractivity contribution in [1.29, 1.82) is 0 Å². The molecule has 0 unspecified atom stereocenters. The molecule has 0 atom stereocenters. The van der Waals surface area contributed by atoms with E-state index in [0.717, 1.165) is 34.3 Å². The van der Waals surface area contributed by atoms with Crippen LogP contribution >= 0.6 is 11.3 Å². The van der Waals surface area contributed by atoms with E-state index < -0.39 is 0 Å². The second kappa shape index (κ2) is 10.4. The van der Waals surface area contributed by atoms with Crippen LogP contribution in [-0.4, -0.2) is 46.9 Å². The molecule has 2 amide bonds. The van der Waals surface area contributed by atoms with Gasteiger partial charge in [-0.25, -0.2) is 14.4 Å². The SMILES string of the molecule is COc1cc(C(=O)N2CCC(c3nc(C(=O)NCc4ccc(F)cc4)cs3)CC2)nc2ccccc12. The molecular weight excluding hydrogens is 479 g/mol. The summed E-state index contributed by atoms with van der Waals surface area (Å²) in [5, 5.41) is 6.36. The van der Waals surface area contributed by atoms with Crippen molar-refractivity contribution >= 4 is 34.1 Å². The highest BCUT2D eigenvalue weighted by Crippen LogP contribution is 2.32. The topological polar surface area (TPSA) is 84.4 Å². The van der Waals surface area contributed by atoms with Gasteiger partial charge in [0.1, 0.15) is 23.0 Å². The zero-order chi connectivity index (χ0) is 25.1. The summed E-state index contributed by atoms with van der Waals surface area (Å²) in [6.45, 7) is 1.48. The van der Waals surface area contributed by atoms with Crippen LogP contribution in [0.2, 0.25) is 0 Å². The summed E-state index contributed by atoms with van der Waals surface area (Å²) in [5.41, 5.74) is 2.29. The number of pyridine rings is 1. The molecule has 1 saturated heterocycles. The van der Waals surface area contributed by atoms with E-state index in [0.29, 0.717) is 36.8 Å². The fourth-order valence-corrected chi connectivity index (χ4v) is 5.34. The molecule has 3 heterocycles. The van der Waals surface area contributed by atoms with Crippen LogP contribution < -0.4 is 10.1 Å². The summed E-state index contributed by atoms with van der Waals surface area (Å²) < 4.78 is 18.5. The molecule has 0 aliphatic carbocycles. The molecule has 0 saturated carbocycles. The second-order valence-electron chi connectivity index (χ2n) is 8.67. The molecule has 7 nitrogen and oxygen atoms in total. The number of carbonyl (C=O) groups excluding carboxylic acids is 2. The lowest BCUT2D eigenvalue weighted by atomic mass is 9.97. The third-order valence-corrected chi connectivity index (χ3v) is 7.38. The zero-order valence-corrected chi connectivity index (χ0v) is 20.6. The number of nitrogens with one attached hydrogen (secondary N) is 1. The van der Waals surface area contributed by atoms with Crippen LogP contribution in [0.5, 0.6) is 5.75 Å². The van der Waals surface area contributed by atoms with Gasteiger partial charge in [0.25, 0.3) is 11.8 Å². The second-order valence-corrected chi connectivity index (χ2v) is 9.56. The number of hydrogen-bond acceptors (Lipinski definition) is 6. The van der Waals surface area contributed by atoms with E-state index in [1.807, 2.05) is 29.2 Å². The number of benzene rings is 2. The van der Waals surface area contributed by atoms with Gasteiger partial charge in [0.2, 0.25) is 0 Å². The average Bonchev–Trinajstić information content (AvgIpc) is 3.42. The molecule has 184 valence electrons. The lowest BCUT2D eigenvalue weighted by Gasteiger charge is -2.31. The Bertz CT molecular complexity index is 1400. The molecule has 1 aliphatic rings. The average molecular weight is 505 g/mol. The van der Waals surface area contributed by atoms with E-state index in [1.165, 1.54) is 23.5 Å². The Hall–Kier alpha value is -3.85.